The van der Waals surface area contributed by atoms with Crippen LogP contribution in [0.25, 0.3) is 0 Å². The minimum Gasteiger partial charge on any atom is -0.372 e. The van der Waals surface area contributed by atoms with Crippen LogP contribution >= 0.6 is 0 Å². The van der Waals surface area contributed by atoms with Crippen molar-refractivity contribution >= 4 is 5.91 Å². The molecule has 1 fully saturated rings. The van der Waals surface area contributed by atoms with E-state index < -0.39 is 0 Å². The van der Waals surface area contributed by atoms with Gasteiger partial charge in [0.2, 0.25) is 5.91 Å². The maximum absolute atomic E-state index is 11.7. The summed E-state index contributed by atoms with van der Waals surface area (Å²) in [5.74, 6) is 0.761. The number of nitrogens with one attached hydrogen (secondary N) is 1. The van der Waals surface area contributed by atoms with Gasteiger partial charge in [0, 0.05) is 12.6 Å². The second kappa shape index (κ2) is 8.51. The van der Waals surface area contributed by atoms with Crippen molar-refractivity contribution in [1.29, 1.82) is 0 Å². The van der Waals surface area contributed by atoms with Gasteiger partial charge >= 0.3 is 0 Å². The van der Waals surface area contributed by atoms with Crippen LogP contribution in [0.1, 0.15) is 58.8 Å². The van der Waals surface area contributed by atoms with Gasteiger partial charge in [0.25, 0.3) is 0 Å². The number of hydrogen-bond donors (Lipinski definition) is 1. The van der Waals surface area contributed by atoms with Crippen molar-refractivity contribution in [3.8, 4) is 0 Å². The fraction of sp³-hybridized carbons (Fsp3) is 0.929. The smallest absolute Gasteiger partial charge is 0.246 e. The maximum atomic E-state index is 11.7. The predicted octanol–water partition coefficient (Wildman–Crippen LogP) is 2.89. The third-order valence-electron chi connectivity index (χ3n) is 3.52. The van der Waals surface area contributed by atoms with E-state index >= 15 is 0 Å². The van der Waals surface area contributed by atoms with E-state index in [0.717, 1.165) is 12.8 Å². The van der Waals surface area contributed by atoms with Crippen molar-refractivity contribution < 1.29 is 9.53 Å². The number of unbranched alkanes of at least 4 members (excludes halogenated alkanes) is 1. The fourth-order valence-corrected chi connectivity index (χ4v) is 2.60. The lowest BCUT2D eigenvalue weighted by Crippen LogP contribution is -2.39. The Morgan fingerprint density at radius 2 is 2.12 bits per heavy atom. The van der Waals surface area contributed by atoms with E-state index in [4.69, 9.17) is 4.74 Å². The topological polar surface area (TPSA) is 38.3 Å². The molecule has 3 heteroatoms. The van der Waals surface area contributed by atoms with Crippen LogP contribution in [0.4, 0.5) is 0 Å². The molecule has 0 bridgehead atoms. The molecular weight excluding hydrogens is 214 g/mol. The molecule has 1 rings (SSSR count). The number of rotatable bonds is 8. The number of ether oxygens (including phenoxy) is 1. The Morgan fingerprint density at radius 1 is 1.29 bits per heavy atom. The van der Waals surface area contributed by atoms with Crippen LogP contribution in [0.2, 0.25) is 0 Å². The second-order valence-corrected chi connectivity index (χ2v) is 5.06. The molecule has 0 aromatic heterocycles. The zero-order chi connectivity index (χ0) is 12.5. The molecule has 0 radical (unpaired) electrons. The quantitative estimate of drug-likeness (QED) is 0.664. The lowest BCUT2D eigenvalue weighted by atomic mass is 9.97. The van der Waals surface area contributed by atoms with E-state index in [1.165, 1.54) is 32.1 Å². The van der Waals surface area contributed by atoms with E-state index in [1.807, 2.05) is 0 Å². The highest BCUT2D eigenvalue weighted by atomic mass is 16.5. The standard InChI is InChI=1S/C14H27NO2/c1-3-5-7-12-8-6-9-13(12)15-14(16)11-17-10-4-2/h12-13H,3-11H2,1-2H3,(H,15,16). The van der Waals surface area contributed by atoms with Crippen LogP contribution in [0, 0.1) is 5.92 Å². The molecule has 3 nitrogen and oxygen atoms in total. The van der Waals surface area contributed by atoms with Crippen molar-refractivity contribution in [2.24, 2.45) is 5.92 Å². The van der Waals surface area contributed by atoms with Crippen molar-refractivity contribution in [3.05, 3.63) is 0 Å². The first-order valence-electron chi connectivity index (χ1n) is 7.15. The molecule has 0 aromatic rings. The summed E-state index contributed by atoms with van der Waals surface area (Å²) in [6, 6.07) is 0.402. The number of amides is 1. The SMILES string of the molecule is CCCCC1CCCC1NC(=O)COCCC. The van der Waals surface area contributed by atoms with Gasteiger partial charge in [-0.05, 0) is 31.6 Å². The Labute approximate surface area is 105 Å². The first-order chi connectivity index (χ1) is 8.27. The summed E-state index contributed by atoms with van der Waals surface area (Å²) in [7, 11) is 0. The average molecular weight is 241 g/mol. The Balaban J connectivity index is 2.21. The summed E-state index contributed by atoms with van der Waals surface area (Å²) >= 11 is 0. The van der Waals surface area contributed by atoms with Gasteiger partial charge < -0.3 is 10.1 Å². The van der Waals surface area contributed by atoms with Crippen molar-refractivity contribution in [3.63, 3.8) is 0 Å². The van der Waals surface area contributed by atoms with E-state index in [2.05, 4.69) is 19.2 Å². The number of carbonyl (C=O) groups excluding carboxylic acids is 1. The lowest BCUT2D eigenvalue weighted by Gasteiger charge is -2.20. The van der Waals surface area contributed by atoms with Crippen molar-refractivity contribution in [2.75, 3.05) is 13.2 Å². The summed E-state index contributed by atoms with van der Waals surface area (Å²) < 4.78 is 5.26. The second-order valence-electron chi connectivity index (χ2n) is 5.06. The third kappa shape index (κ3) is 5.53. The molecule has 1 aliphatic carbocycles. The minimum absolute atomic E-state index is 0.0619. The molecule has 0 spiro atoms. The van der Waals surface area contributed by atoms with Gasteiger partial charge in [-0.1, -0.05) is 33.1 Å². The molecule has 2 unspecified atom stereocenters. The highest BCUT2D eigenvalue weighted by molar-refractivity contribution is 5.77. The van der Waals surface area contributed by atoms with E-state index in [-0.39, 0.29) is 12.5 Å². The molecule has 1 saturated carbocycles. The summed E-state index contributed by atoms with van der Waals surface area (Å²) in [6.45, 7) is 5.18. The first kappa shape index (κ1) is 14.5. The Bertz CT molecular complexity index is 218. The highest BCUT2D eigenvalue weighted by Crippen LogP contribution is 2.29. The minimum atomic E-state index is 0.0619. The zero-order valence-electron chi connectivity index (χ0n) is 11.3. The molecule has 2 atom stereocenters. The van der Waals surface area contributed by atoms with Gasteiger partial charge in [0.1, 0.15) is 6.61 Å². The molecule has 0 heterocycles. The third-order valence-corrected chi connectivity index (χ3v) is 3.52. The number of carbonyl (C=O) groups is 1. The summed E-state index contributed by atoms with van der Waals surface area (Å²) in [5.41, 5.74) is 0. The Hall–Kier alpha value is -0.570. The van der Waals surface area contributed by atoms with Crippen LogP contribution in [0.5, 0.6) is 0 Å². The van der Waals surface area contributed by atoms with Gasteiger partial charge in [0.05, 0.1) is 0 Å². The molecule has 0 aromatic carbocycles. The molecule has 1 amide bonds. The van der Waals surface area contributed by atoms with E-state index in [9.17, 15) is 4.79 Å². The van der Waals surface area contributed by atoms with Gasteiger partial charge in [-0.15, -0.1) is 0 Å². The lowest BCUT2D eigenvalue weighted by molar-refractivity contribution is -0.126. The van der Waals surface area contributed by atoms with Crippen molar-refractivity contribution in [2.45, 2.75) is 64.8 Å². The van der Waals surface area contributed by atoms with Crippen LogP contribution in [0.15, 0.2) is 0 Å². The zero-order valence-corrected chi connectivity index (χ0v) is 11.3. The van der Waals surface area contributed by atoms with E-state index in [0.29, 0.717) is 18.6 Å². The van der Waals surface area contributed by atoms with Gasteiger partial charge in [0.15, 0.2) is 0 Å². The number of hydrogen-bond acceptors (Lipinski definition) is 2. The summed E-state index contributed by atoms with van der Waals surface area (Å²) in [6.07, 6.45) is 8.44. The normalized spacial score (nSPS) is 23.9. The highest BCUT2D eigenvalue weighted by Gasteiger charge is 2.27. The molecule has 0 aliphatic heterocycles. The van der Waals surface area contributed by atoms with E-state index in [1.54, 1.807) is 0 Å². The Morgan fingerprint density at radius 3 is 2.82 bits per heavy atom. The predicted molar refractivity (Wildman–Crippen MR) is 69.9 cm³/mol. The van der Waals surface area contributed by atoms with Crippen LogP contribution in [-0.4, -0.2) is 25.2 Å². The first-order valence-corrected chi connectivity index (χ1v) is 7.15. The molecule has 17 heavy (non-hydrogen) atoms. The van der Waals surface area contributed by atoms with Crippen LogP contribution < -0.4 is 5.32 Å². The summed E-state index contributed by atoms with van der Waals surface area (Å²) in [5, 5.41) is 3.13. The molecule has 1 N–H and O–H groups in total. The fourth-order valence-electron chi connectivity index (χ4n) is 2.60. The molecule has 100 valence electrons. The Kier molecular flexibility index (Phi) is 7.25. The van der Waals surface area contributed by atoms with Gasteiger partial charge in [-0.25, -0.2) is 0 Å². The largest absolute Gasteiger partial charge is 0.372 e. The molecule has 0 saturated heterocycles. The van der Waals surface area contributed by atoms with Crippen molar-refractivity contribution in [1.82, 2.24) is 5.32 Å². The monoisotopic (exact) mass is 241 g/mol. The maximum Gasteiger partial charge on any atom is 0.246 e. The van der Waals surface area contributed by atoms with Crippen LogP contribution in [-0.2, 0) is 9.53 Å². The molecule has 1 aliphatic rings. The average Bonchev–Trinajstić information content (AvgIpc) is 2.74. The van der Waals surface area contributed by atoms with Gasteiger partial charge in [-0.3, -0.25) is 4.79 Å². The van der Waals surface area contributed by atoms with Gasteiger partial charge in [-0.2, -0.15) is 0 Å². The molecular formula is C14H27NO2. The summed E-state index contributed by atoms with van der Waals surface area (Å²) in [4.78, 5) is 11.7. The van der Waals surface area contributed by atoms with Crippen LogP contribution in [0.3, 0.4) is 0 Å².